The molecule has 0 saturated carbocycles. The van der Waals surface area contributed by atoms with Crippen LogP contribution in [0.3, 0.4) is 0 Å². The lowest BCUT2D eigenvalue weighted by molar-refractivity contribution is -0.132. The number of ketones is 1. The van der Waals surface area contributed by atoms with Crippen molar-refractivity contribution in [2.45, 2.75) is 89.9 Å². The molecule has 212 valence electrons. The quantitative estimate of drug-likeness (QED) is 0.107. The number of amides is 1. The Bertz CT molecular complexity index is 976. The summed E-state index contributed by atoms with van der Waals surface area (Å²) in [5.74, 6) is 0.369. The highest BCUT2D eigenvalue weighted by Gasteiger charge is 2.45. The first kappa shape index (κ1) is 32.6. The topological polar surface area (TPSA) is 46.2 Å². The van der Waals surface area contributed by atoms with E-state index in [1.165, 1.54) is 0 Å². The van der Waals surface area contributed by atoms with Crippen molar-refractivity contribution >= 4 is 23.5 Å². The lowest BCUT2D eigenvalue weighted by atomic mass is 9.84. The summed E-state index contributed by atoms with van der Waals surface area (Å²) in [6.07, 6.45) is 31.4. The van der Waals surface area contributed by atoms with Crippen LogP contribution in [-0.2, 0) is 9.59 Å². The molecule has 2 rings (SSSR count). The van der Waals surface area contributed by atoms with Crippen LogP contribution >= 0.6 is 11.8 Å². The fourth-order valence-corrected chi connectivity index (χ4v) is 6.00. The minimum atomic E-state index is -0.547. The predicted octanol–water partition coefficient (Wildman–Crippen LogP) is 9.11. The second kappa shape index (κ2) is 20.3. The van der Waals surface area contributed by atoms with E-state index < -0.39 is 5.92 Å². The maximum Gasteiger partial charge on any atom is 0.231 e. The second-order valence-electron chi connectivity index (χ2n) is 10.1. The van der Waals surface area contributed by atoms with Crippen molar-refractivity contribution in [3.8, 4) is 0 Å². The molecule has 1 aromatic carbocycles. The van der Waals surface area contributed by atoms with E-state index in [4.69, 9.17) is 0 Å². The number of unbranched alkanes of at least 4 members (excludes halogenated alkanes) is 2. The maximum atomic E-state index is 13.3. The molecule has 1 aliphatic heterocycles. The second-order valence-corrected chi connectivity index (χ2v) is 11.4. The van der Waals surface area contributed by atoms with E-state index in [-0.39, 0.29) is 28.9 Å². The molecule has 39 heavy (non-hydrogen) atoms. The highest BCUT2D eigenvalue weighted by Crippen LogP contribution is 2.37. The van der Waals surface area contributed by atoms with Gasteiger partial charge in [-0.3, -0.25) is 9.59 Å². The maximum absolute atomic E-state index is 13.3. The molecule has 1 aromatic rings. The molecule has 1 unspecified atom stereocenters. The van der Waals surface area contributed by atoms with Gasteiger partial charge in [0.25, 0.3) is 0 Å². The Labute approximate surface area is 242 Å². The Morgan fingerprint density at radius 2 is 1.41 bits per heavy atom. The molecule has 0 aliphatic carbocycles. The van der Waals surface area contributed by atoms with Gasteiger partial charge < -0.3 is 5.32 Å². The summed E-state index contributed by atoms with van der Waals surface area (Å²) < 4.78 is 0. The first-order valence-electron chi connectivity index (χ1n) is 14.9. The summed E-state index contributed by atoms with van der Waals surface area (Å²) in [5.41, 5.74) is 1.07. The smallest absolute Gasteiger partial charge is 0.231 e. The number of carbonyl (C=O) groups is 2. The molecule has 0 spiro atoms. The molecule has 0 bridgehead atoms. The summed E-state index contributed by atoms with van der Waals surface area (Å²) in [4.78, 5) is 26.0. The van der Waals surface area contributed by atoms with Crippen LogP contribution in [0, 0.1) is 11.8 Å². The molecule has 1 saturated heterocycles. The number of carbonyl (C=O) groups excluding carboxylic acids is 2. The Morgan fingerprint density at radius 1 is 0.846 bits per heavy atom. The van der Waals surface area contributed by atoms with Crippen molar-refractivity contribution in [3.05, 3.63) is 96.7 Å². The van der Waals surface area contributed by atoms with Crippen molar-refractivity contribution in [3.63, 3.8) is 0 Å². The Morgan fingerprint density at radius 3 is 1.97 bits per heavy atom. The van der Waals surface area contributed by atoms with E-state index in [1.807, 2.05) is 37.3 Å². The van der Waals surface area contributed by atoms with Crippen molar-refractivity contribution in [1.29, 1.82) is 0 Å². The number of nitrogens with one attached hydrogen (secondary N) is 1. The van der Waals surface area contributed by atoms with Gasteiger partial charge in [-0.05, 0) is 75.0 Å². The molecule has 1 aliphatic rings. The Hall–Kier alpha value is -2.59. The summed E-state index contributed by atoms with van der Waals surface area (Å²) in [5, 5.41) is 2.96. The zero-order valence-electron chi connectivity index (χ0n) is 24.3. The van der Waals surface area contributed by atoms with E-state index >= 15 is 0 Å². The van der Waals surface area contributed by atoms with Crippen molar-refractivity contribution < 1.29 is 9.59 Å². The van der Waals surface area contributed by atoms with E-state index in [0.29, 0.717) is 0 Å². The molecule has 1 N–H and O–H groups in total. The normalized spacial score (nSPS) is 20.8. The molecule has 0 aromatic heterocycles. The Balaban J connectivity index is 1.57. The van der Waals surface area contributed by atoms with Gasteiger partial charge in [0.1, 0.15) is 5.92 Å². The van der Waals surface area contributed by atoms with Gasteiger partial charge >= 0.3 is 0 Å². The van der Waals surface area contributed by atoms with Gasteiger partial charge in [-0.1, -0.05) is 112 Å². The summed E-state index contributed by atoms with van der Waals surface area (Å²) in [6.45, 7) is 6.24. The Kier molecular flexibility index (Phi) is 17.0. The fourth-order valence-electron chi connectivity index (χ4n) is 4.80. The number of thioether (sulfide) groups is 1. The fraction of sp³-hybridized carbons (Fsp3) is 0.486. The average Bonchev–Trinajstić information content (AvgIpc) is 3.25. The minimum Gasteiger partial charge on any atom is -0.348 e. The van der Waals surface area contributed by atoms with Gasteiger partial charge in [-0.2, -0.15) is 11.8 Å². The summed E-state index contributed by atoms with van der Waals surface area (Å²) in [7, 11) is 0. The third-order valence-corrected chi connectivity index (χ3v) is 8.52. The minimum absolute atomic E-state index is 0.0302. The number of benzene rings is 1. The lowest BCUT2D eigenvalue weighted by Gasteiger charge is -2.21. The largest absolute Gasteiger partial charge is 0.348 e. The predicted molar refractivity (Wildman–Crippen MR) is 170 cm³/mol. The molecule has 3 nitrogen and oxygen atoms in total. The van der Waals surface area contributed by atoms with Crippen LogP contribution < -0.4 is 5.32 Å². The van der Waals surface area contributed by atoms with Crippen LogP contribution in [0.1, 0.15) is 90.2 Å². The monoisotopic (exact) mass is 547 g/mol. The summed E-state index contributed by atoms with van der Waals surface area (Å²) >= 11 is 1.73. The highest BCUT2D eigenvalue weighted by atomic mass is 32.2. The number of hydrogen-bond donors (Lipinski definition) is 1. The molecule has 1 fully saturated rings. The zero-order valence-corrected chi connectivity index (χ0v) is 25.1. The van der Waals surface area contributed by atoms with Gasteiger partial charge in [-0.15, -0.1) is 0 Å². The number of Topliss-reactive ketones (excluding diaryl/α,β-unsaturated/α-hetero) is 1. The third kappa shape index (κ3) is 12.4. The zero-order chi connectivity index (χ0) is 28.1. The molecule has 4 heteroatoms. The molecule has 4 atom stereocenters. The van der Waals surface area contributed by atoms with Gasteiger partial charge in [0.05, 0.1) is 11.3 Å². The highest BCUT2D eigenvalue weighted by molar-refractivity contribution is 8.00. The standard InChI is InChI=1S/C35H49NO2S/c1-4-6-7-8-9-10-11-12-13-14-15-16-17-18-19-20-21-25-28-39-31(5-2)34(37)32-29(3)33(36-35(32)38)30-26-23-22-24-27-30/h6-7,9-10,12-13,15-16,18-19,22-24,26-27,29,31-33H,4-5,8,11,14,17,20-21,25,28H2,1-3H3,(H,36,38)/b7-6-,10-9-,13-12-,16-15-,19-18-/t29-,31+,32?,33+/m0/s1. The van der Waals surface area contributed by atoms with Crippen LogP contribution in [0.15, 0.2) is 91.1 Å². The molecule has 0 radical (unpaired) electrons. The number of allylic oxidation sites excluding steroid dienone is 10. The first-order valence-corrected chi connectivity index (χ1v) is 15.9. The van der Waals surface area contributed by atoms with Crippen molar-refractivity contribution in [2.24, 2.45) is 11.8 Å². The van der Waals surface area contributed by atoms with E-state index in [9.17, 15) is 9.59 Å². The van der Waals surface area contributed by atoms with Gasteiger partial charge in [-0.25, -0.2) is 0 Å². The van der Waals surface area contributed by atoms with Crippen LogP contribution in [0.2, 0.25) is 0 Å². The van der Waals surface area contributed by atoms with Crippen molar-refractivity contribution in [1.82, 2.24) is 5.32 Å². The van der Waals surface area contributed by atoms with Crippen LogP contribution in [0.25, 0.3) is 0 Å². The van der Waals surface area contributed by atoms with Gasteiger partial charge in [0.15, 0.2) is 5.78 Å². The molecular weight excluding hydrogens is 498 g/mol. The number of rotatable bonds is 19. The van der Waals surface area contributed by atoms with Crippen LogP contribution in [0.4, 0.5) is 0 Å². The lowest BCUT2D eigenvalue weighted by Crippen LogP contribution is -2.33. The van der Waals surface area contributed by atoms with Crippen LogP contribution in [0.5, 0.6) is 0 Å². The van der Waals surface area contributed by atoms with E-state index in [2.05, 4.69) is 79.9 Å². The van der Waals surface area contributed by atoms with Crippen molar-refractivity contribution in [2.75, 3.05) is 5.75 Å². The number of hydrogen-bond acceptors (Lipinski definition) is 3. The first-order chi connectivity index (χ1) is 19.1. The van der Waals surface area contributed by atoms with Crippen LogP contribution in [-0.4, -0.2) is 22.7 Å². The molecular formula is C35H49NO2S. The third-order valence-electron chi connectivity index (χ3n) is 7.03. The SMILES string of the molecule is CC/C=C\C/C=C\C/C=C\C/C=C\C/C=C\CCCCS[C@H](CC)C(=O)C1C(=O)N[C@@H](c2ccccc2)[C@H]1C. The van der Waals surface area contributed by atoms with Gasteiger partial charge in [0, 0.05) is 0 Å². The molecule has 1 heterocycles. The van der Waals surface area contributed by atoms with Gasteiger partial charge in [0.2, 0.25) is 5.91 Å². The average molecular weight is 548 g/mol. The van der Waals surface area contributed by atoms with E-state index in [0.717, 1.165) is 69.1 Å². The molecule has 1 amide bonds. The summed E-state index contributed by atoms with van der Waals surface area (Å²) in [6, 6.07) is 9.90. The van der Waals surface area contributed by atoms with E-state index in [1.54, 1.807) is 11.8 Å².